The van der Waals surface area contributed by atoms with Crippen LogP contribution in [0.15, 0.2) is 30.3 Å². The van der Waals surface area contributed by atoms with Gasteiger partial charge in [0.25, 0.3) is 11.8 Å². The average Bonchev–Trinajstić information content (AvgIpc) is 2.43. The molecule has 0 saturated carbocycles. The number of likely N-dealkylation sites (N-methyl/N-ethyl adjacent to an activating group) is 2. The molecule has 0 aliphatic carbocycles. The summed E-state index contributed by atoms with van der Waals surface area (Å²) in [6.07, 6.45) is 0. The molecule has 2 amide bonds. The highest BCUT2D eigenvalue weighted by Gasteiger charge is 2.08. The molecule has 0 atom stereocenters. The molecule has 0 radical (unpaired) electrons. The number of nitrogens with one attached hydrogen (secondary N) is 3. The predicted octanol–water partition coefficient (Wildman–Crippen LogP) is -0.401. The summed E-state index contributed by atoms with van der Waals surface area (Å²) in [5.74, 6) is -0.574. The molecular formula is C13H20N4O2. The van der Waals surface area contributed by atoms with Crippen LogP contribution < -0.4 is 16.2 Å². The molecule has 0 aromatic heterocycles. The van der Waals surface area contributed by atoms with Crippen molar-refractivity contribution in [2.75, 3.05) is 33.7 Å². The zero-order valence-electron chi connectivity index (χ0n) is 11.3. The maximum Gasteiger partial charge on any atom is 0.269 e. The summed E-state index contributed by atoms with van der Waals surface area (Å²) in [6, 6.07) is 8.72. The SMILES string of the molecule is CNCCN(C)CC(=O)NNC(=O)c1ccccc1. The molecule has 19 heavy (non-hydrogen) atoms. The monoisotopic (exact) mass is 264 g/mol. The van der Waals surface area contributed by atoms with Gasteiger partial charge in [-0.15, -0.1) is 0 Å². The molecule has 6 heteroatoms. The fraction of sp³-hybridized carbons (Fsp3) is 0.385. The van der Waals surface area contributed by atoms with Crippen molar-refractivity contribution >= 4 is 11.8 Å². The Bertz CT molecular complexity index is 408. The van der Waals surface area contributed by atoms with Crippen LogP contribution >= 0.6 is 0 Å². The van der Waals surface area contributed by atoms with Crippen molar-refractivity contribution in [2.24, 2.45) is 0 Å². The van der Waals surface area contributed by atoms with E-state index in [9.17, 15) is 9.59 Å². The maximum absolute atomic E-state index is 11.7. The number of hydrogen-bond donors (Lipinski definition) is 3. The molecule has 0 aliphatic heterocycles. The number of carbonyl (C=O) groups excluding carboxylic acids is 2. The number of amides is 2. The van der Waals surface area contributed by atoms with E-state index in [2.05, 4.69) is 16.2 Å². The summed E-state index contributed by atoms with van der Waals surface area (Å²) in [5, 5.41) is 3.00. The Morgan fingerprint density at radius 1 is 1.16 bits per heavy atom. The molecular weight excluding hydrogens is 244 g/mol. The van der Waals surface area contributed by atoms with Crippen molar-refractivity contribution in [1.82, 2.24) is 21.1 Å². The molecule has 104 valence electrons. The Morgan fingerprint density at radius 2 is 1.84 bits per heavy atom. The third kappa shape index (κ3) is 5.98. The normalized spacial score (nSPS) is 10.3. The van der Waals surface area contributed by atoms with Crippen molar-refractivity contribution < 1.29 is 9.59 Å². The average molecular weight is 264 g/mol. The first kappa shape index (κ1) is 15.1. The summed E-state index contributed by atoms with van der Waals surface area (Å²) in [7, 11) is 3.70. The van der Waals surface area contributed by atoms with Crippen molar-refractivity contribution in [3.63, 3.8) is 0 Å². The highest BCUT2D eigenvalue weighted by Crippen LogP contribution is 1.96. The lowest BCUT2D eigenvalue weighted by Gasteiger charge is -2.16. The van der Waals surface area contributed by atoms with Gasteiger partial charge in [0, 0.05) is 18.7 Å². The molecule has 1 aromatic carbocycles. The quantitative estimate of drug-likeness (QED) is 0.611. The first-order chi connectivity index (χ1) is 9.13. The third-order valence-electron chi connectivity index (χ3n) is 2.51. The molecule has 3 N–H and O–H groups in total. The van der Waals surface area contributed by atoms with Crippen molar-refractivity contribution in [1.29, 1.82) is 0 Å². The number of hydrazine groups is 1. The molecule has 0 saturated heterocycles. The summed E-state index contributed by atoms with van der Waals surface area (Å²) in [6.45, 7) is 1.80. The first-order valence-electron chi connectivity index (χ1n) is 6.11. The number of nitrogens with zero attached hydrogens (tertiary/aromatic N) is 1. The van der Waals surface area contributed by atoms with E-state index in [4.69, 9.17) is 0 Å². The van der Waals surface area contributed by atoms with Gasteiger partial charge in [-0.3, -0.25) is 25.3 Å². The largest absolute Gasteiger partial charge is 0.318 e. The Kier molecular flexibility index (Phi) is 6.56. The van der Waals surface area contributed by atoms with Crippen LogP contribution in [-0.2, 0) is 4.79 Å². The van der Waals surface area contributed by atoms with Crippen LogP contribution in [0.5, 0.6) is 0 Å². The highest BCUT2D eigenvalue weighted by molar-refractivity contribution is 5.95. The van der Waals surface area contributed by atoms with Gasteiger partial charge in [0.1, 0.15) is 0 Å². The van der Waals surface area contributed by atoms with Gasteiger partial charge in [-0.05, 0) is 26.2 Å². The Balaban J connectivity index is 2.28. The highest BCUT2D eigenvalue weighted by atomic mass is 16.2. The Hall–Kier alpha value is -1.92. The van der Waals surface area contributed by atoms with E-state index < -0.39 is 0 Å². The fourth-order valence-corrected chi connectivity index (χ4v) is 1.45. The zero-order valence-corrected chi connectivity index (χ0v) is 11.3. The van der Waals surface area contributed by atoms with Crippen molar-refractivity contribution in [3.05, 3.63) is 35.9 Å². The summed E-state index contributed by atoms with van der Waals surface area (Å²) in [5.41, 5.74) is 5.27. The van der Waals surface area contributed by atoms with E-state index in [1.54, 1.807) is 24.3 Å². The fourth-order valence-electron chi connectivity index (χ4n) is 1.45. The van der Waals surface area contributed by atoms with Crippen LogP contribution in [0.3, 0.4) is 0 Å². The molecule has 1 aromatic rings. The molecule has 6 nitrogen and oxygen atoms in total. The van der Waals surface area contributed by atoms with Gasteiger partial charge >= 0.3 is 0 Å². The molecule has 0 aliphatic rings. The van der Waals surface area contributed by atoms with Gasteiger partial charge in [0.2, 0.25) is 0 Å². The smallest absolute Gasteiger partial charge is 0.269 e. The van der Waals surface area contributed by atoms with Gasteiger partial charge in [0.05, 0.1) is 6.54 Å². The third-order valence-corrected chi connectivity index (χ3v) is 2.51. The van der Waals surface area contributed by atoms with Crippen LogP contribution in [0.1, 0.15) is 10.4 Å². The topological polar surface area (TPSA) is 73.5 Å². The van der Waals surface area contributed by atoms with Gasteiger partial charge in [-0.2, -0.15) is 0 Å². The van der Waals surface area contributed by atoms with Crippen LogP contribution in [0, 0.1) is 0 Å². The zero-order chi connectivity index (χ0) is 14.1. The Labute approximate surface area is 113 Å². The number of benzene rings is 1. The van der Waals surface area contributed by atoms with Gasteiger partial charge in [0.15, 0.2) is 0 Å². The van der Waals surface area contributed by atoms with Gasteiger partial charge in [-0.1, -0.05) is 18.2 Å². The second-order valence-corrected chi connectivity index (χ2v) is 4.21. The molecule has 0 heterocycles. The summed E-state index contributed by atoms with van der Waals surface area (Å²) >= 11 is 0. The maximum atomic E-state index is 11.7. The minimum Gasteiger partial charge on any atom is -0.318 e. The van der Waals surface area contributed by atoms with Crippen LogP contribution in [0.2, 0.25) is 0 Å². The minimum atomic E-state index is -0.327. The summed E-state index contributed by atoms with van der Waals surface area (Å²) in [4.78, 5) is 25.1. The number of carbonyl (C=O) groups is 2. The molecule has 0 fully saturated rings. The molecule has 1 rings (SSSR count). The van der Waals surface area contributed by atoms with Gasteiger partial charge in [-0.25, -0.2) is 0 Å². The molecule has 0 unspecified atom stereocenters. The van der Waals surface area contributed by atoms with E-state index in [0.29, 0.717) is 5.56 Å². The predicted molar refractivity (Wildman–Crippen MR) is 73.5 cm³/mol. The van der Waals surface area contributed by atoms with Crippen molar-refractivity contribution in [3.8, 4) is 0 Å². The number of rotatable bonds is 6. The van der Waals surface area contributed by atoms with E-state index in [1.807, 2.05) is 25.1 Å². The first-order valence-corrected chi connectivity index (χ1v) is 6.11. The van der Waals surface area contributed by atoms with E-state index in [1.165, 1.54) is 0 Å². The second-order valence-electron chi connectivity index (χ2n) is 4.21. The molecule has 0 spiro atoms. The summed E-state index contributed by atoms with van der Waals surface area (Å²) < 4.78 is 0. The lowest BCUT2D eigenvalue weighted by molar-refractivity contribution is -0.122. The van der Waals surface area contributed by atoms with Crippen molar-refractivity contribution in [2.45, 2.75) is 0 Å². The lowest BCUT2D eigenvalue weighted by Crippen LogP contribution is -2.46. The standard InChI is InChI=1S/C13H20N4O2/c1-14-8-9-17(2)10-12(18)15-16-13(19)11-6-4-3-5-7-11/h3-7,14H,8-10H2,1-2H3,(H,15,18)(H,16,19). The van der Waals surface area contributed by atoms with Crippen LogP contribution in [0.4, 0.5) is 0 Å². The Morgan fingerprint density at radius 3 is 2.47 bits per heavy atom. The van der Waals surface area contributed by atoms with E-state index >= 15 is 0 Å². The minimum absolute atomic E-state index is 0.233. The lowest BCUT2D eigenvalue weighted by atomic mass is 10.2. The molecule has 0 bridgehead atoms. The van der Waals surface area contributed by atoms with Crippen LogP contribution in [-0.4, -0.2) is 50.4 Å². The van der Waals surface area contributed by atoms with Gasteiger partial charge < -0.3 is 5.32 Å². The number of hydrogen-bond acceptors (Lipinski definition) is 4. The van der Waals surface area contributed by atoms with E-state index in [0.717, 1.165) is 13.1 Å². The second kappa shape index (κ2) is 8.23. The van der Waals surface area contributed by atoms with Crippen LogP contribution in [0.25, 0.3) is 0 Å². The van der Waals surface area contributed by atoms with E-state index in [-0.39, 0.29) is 18.4 Å².